The zero-order valence-electron chi connectivity index (χ0n) is 15.5. The molecule has 1 N–H and O–H groups in total. The van der Waals surface area contributed by atoms with E-state index in [-0.39, 0.29) is 29.9 Å². The van der Waals surface area contributed by atoms with E-state index >= 15 is 0 Å². The molecule has 0 saturated carbocycles. The van der Waals surface area contributed by atoms with E-state index in [1.165, 1.54) is 0 Å². The molecular weight excluding hydrogens is 318 g/mol. The predicted molar refractivity (Wildman–Crippen MR) is 95.7 cm³/mol. The van der Waals surface area contributed by atoms with Gasteiger partial charge in [-0.2, -0.15) is 0 Å². The van der Waals surface area contributed by atoms with Crippen LogP contribution in [0.1, 0.15) is 45.6 Å². The zero-order valence-corrected chi connectivity index (χ0v) is 15.5. The van der Waals surface area contributed by atoms with E-state index in [0.29, 0.717) is 19.5 Å². The van der Waals surface area contributed by atoms with Crippen LogP contribution in [0.25, 0.3) is 0 Å². The lowest BCUT2D eigenvalue weighted by Gasteiger charge is -2.26. The summed E-state index contributed by atoms with van der Waals surface area (Å²) in [5.74, 6) is -0.184. The van der Waals surface area contributed by atoms with Crippen molar-refractivity contribution in [2.45, 2.75) is 52.7 Å². The summed E-state index contributed by atoms with van der Waals surface area (Å²) in [6, 6.07) is 3.79. The second kappa shape index (κ2) is 8.94. The summed E-state index contributed by atoms with van der Waals surface area (Å²) in [7, 11) is 0. The van der Waals surface area contributed by atoms with E-state index in [1.54, 1.807) is 17.3 Å². The van der Waals surface area contributed by atoms with Crippen molar-refractivity contribution in [3.63, 3.8) is 0 Å². The van der Waals surface area contributed by atoms with Crippen LogP contribution >= 0.6 is 0 Å². The highest BCUT2D eigenvalue weighted by molar-refractivity contribution is 5.85. The Kier molecular flexibility index (Phi) is 6.93. The highest BCUT2D eigenvalue weighted by Gasteiger charge is 2.23. The lowest BCUT2D eigenvalue weighted by Crippen LogP contribution is -2.43. The molecule has 2 amide bonds. The van der Waals surface area contributed by atoms with E-state index in [2.05, 4.69) is 10.3 Å². The fraction of sp³-hybridized carbons (Fsp3) is 0.632. The topological polar surface area (TPSA) is 71.5 Å². The number of hydrogen-bond donors (Lipinski definition) is 1. The predicted octanol–water partition coefficient (Wildman–Crippen LogP) is 2.14. The molecule has 2 heterocycles. The SMILES string of the molecule is CC(C)(C)CC(=O)NCC(=O)N(Cc1ccncc1)CC1CCCO1. The number of nitrogens with zero attached hydrogens (tertiary/aromatic N) is 2. The van der Waals surface area contributed by atoms with Crippen molar-refractivity contribution in [2.75, 3.05) is 19.7 Å². The van der Waals surface area contributed by atoms with Gasteiger partial charge in [-0.15, -0.1) is 0 Å². The molecule has 25 heavy (non-hydrogen) atoms. The van der Waals surface area contributed by atoms with Crippen LogP contribution in [0.3, 0.4) is 0 Å². The lowest BCUT2D eigenvalue weighted by molar-refractivity contribution is -0.135. The van der Waals surface area contributed by atoms with Crippen LogP contribution in [0.4, 0.5) is 0 Å². The molecule has 0 aliphatic carbocycles. The van der Waals surface area contributed by atoms with Gasteiger partial charge in [0, 0.05) is 38.5 Å². The molecule has 1 atom stereocenters. The molecule has 0 bridgehead atoms. The Morgan fingerprint density at radius 1 is 1.32 bits per heavy atom. The number of ether oxygens (including phenoxy) is 1. The minimum absolute atomic E-state index is 0.0206. The van der Waals surface area contributed by atoms with Crippen molar-refractivity contribution in [1.82, 2.24) is 15.2 Å². The van der Waals surface area contributed by atoms with E-state index in [0.717, 1.165) is 25.0 Å². The Hall–Kier alpha value is -1.95. The number of aromatic nitrogens is 1. The summed E-state index contributed by atoms with van der Waals surface area (Å²) in [5, 5.41) is 2.75. The first-order valence-electron chi connectivity index (χ1n) is 8.88. The molecule has 1 aliphatic rings. The Morgan fingerprint density at radius 2 is 2.04 bits per heavy atom. The number of amides is 2. The molecule has 6 nitrogen and oxygen atoms in total. The molecule has 0 spiro atoms. The third kappa shape index (κ3) is 7.22. The summed E-state index contributed by atoms with van der Waals surface area (Å²) in [6.45, 7) is 7.83. The third-order valence-electron chi connectivity index (χ3n) is 4.05. The van der Waals surface area contributed by atoms with Crippen molar-refractivity contribution in [2.24, 2.45) is 5.41 Å². The van der Waals surface area contributed by atoms with Crippen LogP contribution < -0.4 is 5.32 Å². The standard InChI is InChI=1S/C19H29N3O3/c1-19(2,3)11-17(23)21-12-18(24)22(14-16-5-4-10-25-16)13-15-6-8-20-9-7-15/h6-9,16H,4-5,10-14H2,1-3H3,(H,21,23). The van der Waals surface area contributed by atoms with Crippen LogP contribution in [0.2, 0.25) is 0 Å². The average molecular weight is 347 g/mol. The molecule has 2 rings (SSSR count). The number of pyridine rings is 1. The van der Waals surface area contributed by atoms with E-state index in [1.807, 2.05) is 32.9 Å². The maximum Gasteiger partial charge on any atom is 0.242 e. The van der Waals surface area contributed by atoms with Gasteiger partial charge in [0.05, 0.1) is 12.6 Å². The summed E-state index contributed by atoms with van der Waals surface area (Å²) in [6.07, 6.45) is 5.91. The third-order valence-corrected chi connectivity index (χ3v) is 4.05. The highest BCUT2D eigenvalue weighted by atomic mass is 16.5. The minimum atomic E-state index is -0.0957. The van der Waals surface area contributed by atoms with Gasteiger partial charge in [0.15, 0.2) is 0 Å². The molecule has 1 aromatic rings. The van der Waals surface area contributed by atoms with E-state index < -0.39 is 0 Å². The second-order valence-electron chi connectivity index (χ2n) is 7.78. The van der Waals surface area contributed by atoms with Gasteiger partial charge in [-0.3, -0.25) is 14.6 Å². The van der Waals surface area contributed by atoms with Gasteiger partial charge in [0.2, 0.25) is 11.8 Å². The molecule has 6 heteroatoms. The highest BCUT2D eigenvalue weighted by Crippen LogP contribution is 2.18. The van der Waals surface area contributed by atoms with E-state index in [9.17, 15) is 9.59 Å². The largest absolute Gasteiger partial charge is 0.376 e. The van der Waals surface area contributed by atoms with Gasteiger partial charge in [-0.1, -0.05) is 20.8 Å². The Morgan fingerprint density at radius 3 is 2.64 bits per heavy atom. The fourth-order valence-corrected chi connectivity index (χ4v) is 2.83. The van der Waals surface area contributed by atoms with Crippen LogP contribution in [-0.2, 0) is 20.9 Å². The van der Waals surface area contributed by atoms with Gasteiger partial charge < -0.3 is 15.0 Å². The number of nitrogens with one attached hydrogen (secondary N) is 1. The van der Waals surface area contributed by atoms with E-state index in [4.69, 9.17) is 4.74 Å². The number of hydrogen-bond acceptors (Lipinski definition) is 4. The molecule has 0 radical (unpaired) electrons. The Balaban J connectivity index is 1.93. The minimum Gasteiger partial charge on any atom is -0.376 e. The van der Waals surface area contributed by atoms with Crippen LogP contribution in [-0.4, -0.2) is 47.5 Å². The smallest absolute Gasteiger partial charge is 0.242 e. The molecule has 1 saturated heterocycles. The van der Waals surface area contributed by atoms with Gasteiger partial charge in [-0.05, 0) is 36.0 Å². The summed E-state index contributed by atoms with van der Waals surface area (Å²) in [5.41, 5.74) is 0.920. The summed E-state index contributed by atoms with van der Waals surface area (Å²) >= 11 is 0. The van der Waals surface area contributed by atoms with Crippen molar-refractivity contribution < 1.29 is 14.3 Å². The van der Waals surface area contributed by atoms with Gasteiger partial charge >= 0.3 is 0 Å². The van der Waals surface area contributed by atoms with Crippen molar-refractivity contribution >= 4 is 11.8 Å². The number of carbonyl (C=O) groups excluding carboxylic acids is 2. The van der Waals surface area contributed by atoms with Crippen LogP contribution in [0.5, 0.6) is 0 Å². The van der Waals surface area contributed by atoms with Crippen LogP contribution in [0.15, 0.2) is 24.5 Å². The molecule has 0 aromatic carbocycles. The molecule has 1 aromatic heterocycles. The maximum absolute atomic E-state index is 12.6. The summed E-state index contributed by atoms with van der Waals surface area (Å²) in [4.78, 5) is 30.4. The first kappa shape index (κ1) is 19.4. The van der Waals surface area contributed by atoms with Gasteiger partial charge in [0.1, 0.15) is 0 Å². The monoisotopic (exact) mass is 347 g/mol. The van der Waals surface area contributed by atoms with Crippen molar-refractivity contribution in [3.05, 3.63) is 30.1 Å². The summed E-state index contributed by atoms with van der Waals surface area (Å²) < 4.78 is 5.67. The lowest BCUT2D eigenvalue weighted by atomic mass is 9.92. The number of rotatable bonds is 7. The molecular formula is C19H29N3O3. The molecule has 1 unspecified atom stereocenters. The molecule has 1 aliphatic heterocycles. The fourth-order valence-electron chi connectivity index (χ4n) is 2.83. The molecule has 1 fully saturated rings. The quantitative estimate of drug-likeness (QED) is 0.820. The Bertz CT molecular complexity index is 563. The average Bonchev–Trinajstić information content (AvgIpc) is 3.04. The zero-order chi connectivity index (χ0) is 18.3. The van der Waals surface area contributed by atoms with Crippen molar-refractivity contribution in [3.8, 4) is 0 Å². The van der Waals surface area contributed by atoms with Gasteiger partial charge in [0.25, 0.3) is 0 Å². The second-order valence-corrected chi connectivity index (χ2v) is 7.78. The number of carbonyl (C=O) groups is 2. The molecule has 138 valence electrons. The Labute approximate surface area is 150 Å². The first-order chi connectivity index (χ1) is 11.8. The van der Waals surface area contributed by atoms with Crippen molar-refractivity contribution in [1.29, 1.82) is 0 Å². The normalized spacial score (nSPS) is 17.3. The van der Waals surface area contributed by atoms with Crippen LogP contribution in [0, 0.1) is 5.41 Å². The maximum atomic E-state index is 12.6. The van der Waals surface area contributed by atoms with Gasteiger partial charge in [-0.25, -0.2) is 0 Å². The first-order valence-corrected chi connectivity index (χ1v) is 8.88.